The molecule has 0 aromatic heterocycles. The zero-order valence-electron chi connectivity index (χ0n) is 9.92. The Kier molecular flexibility index (Phi) is 4.47. The van der Waals surface area contributed by atoms with Crippen molar-refractivity contribution in [3.63, 3.8) is 0 Å². The summed E-state index contributed by atoms with van der Waals surface area (Å²) in [5.74, 6) is -1.19. The average Bonchev–Trinajstić information content (AvgIpc) is 2.24. The molecule has 0 aliphatic carbocycles. The third-order valence-corrected chi connectivity index (χ3v) is 2.51. The standard InChI is InChI=1S/C13H17FO2/c1-4-10(13(15)16-5-2)11-8-9(3)6-7-12(11)14/h6-8,10H,4-5H2,1-3H3. The van der Waals surface area contributed by atoms with Crippen molar-refractivity contribution >= 4 is 5.97 Å². The molecule has 0 heterocycles. The minimum Gasteiger partial charge on any atom is -0.466 e. The summed E-state index contributed by atoms with van der Waals surface area (Å²) in [6, 6.07) is 4.80. The fourth-order valence-electron chi connectivity index (χ4n) is 1.69. The first kappa shape index (κ1) is 12.7. The third kappa shape index (κ3) is 2.81. The van der Waals surface area contributed by atoms with Crippen LogP contribution in [0.15, 0.2) is 18.2 Å². The normalized spacial score (nSPS) is 12.2. The molecule has 0 amide bonds. The van der Waals surface area contributed by atoms with Gasteiger partial charge in [-0.05, 0) is 26.3 Å². The highest BCUT2D eigenvalue weighted by Gasteiger charge is 2.22. The summed E-state index contributed by atoms with van der Waals surface area (Å²) in [4.78, 5) is 11.6. The molecule has 0 spiro atoms. The maximum Gasteiger partial charge on any atom is 0.313 e. The van der Waals surface area contributed by atoms with E-state index in [1.54, 1.807) is 19.1 Å². The first-order valence-corrected chi connectivity index (χ1v) is 5.52. The van der Waals surface area contributed by atoms with E-state index in [2.05, 4.69) is 0 Å². The molecule has 2 nitrogen and oxygen atoms in total. The van der Waals surface area contributed by atoms with Crippen LogP contribution >= 0.6 is 0 Å². The van der Waals surface area contributed by atoms with Crippen molar-refractivity contribution in [1.29, 1.82) is 0 Å². The molecule has 1 atom stereocenters. The largest absolute Gasteiger partial charge is 0.466 e. The number of rotatable bonds is 4. The summed E-state index contributed by atoms with van der Waals surface area (Å²) < 4.78 is 18.5. The molecule has 1 aromatic carbocycles. The van der Waals surface area contributed by atoms with Crippen molar-refractivity contribution in [3.05, 3.63) is 35.1 Å². The van der Waals surface area contributed by atoms with E-state index in [0.29, 0.717) is 18.6 Å². The highest BCUT2D eigenvalue weighted by Crippen LogP contribution is 2.24. The number of ether oxygens (including phenoxy) is 1. The van der Waals surface area contributed by atoms with Gasteiger partial charge in [-0.1, -0.05) is 24.6 Å². The Hall–Kier alpha value is -1.38. The van der Waals surface area contributed by atoms with Crippen LogP contribution < -0.4 is 0 Å². The minimum atomic E-state index is -0.500. The van der Waals surface area contributed by atoms with Crippen LogP contribution in [0.3, 0.4) is 0 Å². The first-order chi connectivity index (χ1) is 7.60. The lowest BCUT2D eigenvalue weighted by Crippen LogP contribution is -2.16. The van der Waals surface area contributed by atoms with Gasteiger partial charge in [0.25, 0.3) is 0 Å². The molecule has 0 saturated heterocycles. The van der Waals surface area contributed by atoms with Gasteiger partial charge in [-0.2, -0.15) is 0 Å². The summed E-state index contributed by atoms with van der Waals surface area (Å²) in [6.07, 6.45) is 0.541. The van der Waals surface area contributed by atoms with Crippen molar-refractivity contribution in [2.24, 2.45) is 0 Å². The molecule has 0 N–H and O–H groups in total. The van der Waals surface area contributed by atoms with Crippen LogP contribution in [0.25, 0.3) is 0 Å². The molecule has 0 saturated carbocycles. The van der Waals surface area contributed by atoms with E-state index in [1.165, 1.54) is 6.07 Å². The Morgan fingerprint density at radius 2 is 2.12 bits per heavy atom. The van der Waals surface area contributed by atoms with Crippen LogP contribution in [0.5, 0.6) is 0 Å². The van der Waals surface area contributed by atoms with Crippen LogP contribution in [0.1, 0.15) is 37.3 Å². The van der Waals surface area contributed by atoms with Crippen molar-refractivity contribution < 1.29 is 13.9 Å². The second-order valence-corrected chi connectivity index (χ2v) is 3.74. The molecule has 1 aromatic rings. The van der Waals surface area contributed by atoms with Gasteiger partial charge >= 0.3 is 5.97 Å². The van der Waals surface area contributed by atoms with Crippen LogP contribution in [-0.4, -0.2) is 12.6 Å². The Labute approximate surface area is 95.4 Å². The van der Waals surface area contributed by atoms with E-state index in [9.17, 15) is 9.18 Å². The van der Waals surface area contributed by atoms with E-state index < -0.39 is 5.92 Å². The lowest BCUT2D eigenvalue weighted by atomic mass is 9.94. The summed E-state index contributed by atoms with van der Waals surface area (Å²) in [5.41, 5.74) is 1.38. The predicted molar refractivity (Wildman–Crippen MR) is 60.8 cm³/mol. The quantitative estimate of drug-likeness (QED) is 0.734. The number of hydrogen-bond acceptors (Lipinski definition) is 2. The third-order valence-electron chi connectivity index (χ3n) is 2.51. The van der Waals surface area contributed by atoms with Gasteiger partial charge in [-0.3, -0.25) is 4.79 Å². The maximum atomic E-state index is 13.6. The van der Waals surface area contributed by atoms with E-state index in [-0.39, 0.29) is 11.8 Å². The topological polar surface area (TPSA) is 26.3 Å². The number of carbonyl (C=O) groups is 1. The molecule has 0 aliphatic rings. The summed E-state index contributed by atoms with van der Waals surface area (Å²) in [5, 5.41) is 0. The van der Waals surface area contributed by atoms with E-state index in [1.807, 2.05) is 13.8 Å². The van der Waals surface area contributed by atoms with Gasteiger partial charge < -0.3 is 4.74 Å². The number of benzene rings is 1. The lowest BCUT2D eigenvalue weighted by molar-refractivity contribution is -0.145. The zero-order valence-corrected chi connectivity index (χ0v) is 9.92. The molecule has 0 fully saturated rings. The molecule has 0 bridgehead atoms. The second kappa shape index (κ2) is 5.64. The Morgan fingerprint density at radius 3 is 2.69 bits per heavy atom. The molecular weight excluding hydrogens is 207 g/mol. The SMILES string of the molecule is CCOC(=O)C(CC)c1cc(C)ccc1F. The van der Waals surface area contributed by atoms with Gasteiger partial charge in [0.2, 0.25) is 0 Å². The van der Waals surface area contributed by atoms with Gasteiger partial charge in [-0.15, -0.1) is 0 Å². The molecule has 88 valence electrons. The maximum absolute atomic E-state index is 13.6. The number of halogens is 1. The molecule has 1 rings (SSSR count). The molecule has 0 aliphatic heterocycles. The lowest BCUT2D eigenvalue weighted by Gasteiger charge is -2.15. The van der Waals surface area contributed by atoms with Crippen molar-refractivity contribution in [3.8, 4) is 0 Å². The molecule has 1 unspecified atom stereocenters. The summed E-state index contributed by atoms with van der Waals surface area (Å²) in [6.45, 7) is 5.80. The second-order valence-electron chi connectivity index (χ2n) is 3.74. The highest BCUT2D eigenvalue weighted by molar-refractivity contribution is 5.78. The highest BCUT2D eigenvalue weighted by atomic mass is 19.1. The minimum absolute atomic E-state index is 0.322. The predicted octanol–water partition coefficient (Wildman–Crippen LogP) is 3.19. The fraction of sp³-hybridized carbons (Fsp3) is 0.462. The van der Waals surface area contributed by atoms with Crippen molar-refractivity contribution in [2.45, 2.75) is 33.1 Å². The Morgan fingerprint density at radius 1 is 1.44 bits per heavy atom. The number of esters is 1. The smallest absolute Gasteiger partial charge is 0.313 e. The Balaban J connectivity index is 3.03. The van der Waals surface area contributed by atoms with E-state index in [4.69, 9.17) is 4.74 Å². The number of aryl methyl sites for hydroxylation is 1. The first-order valence-electron chi connectivity index (χ1n) is 5.52. The molecule has 0 radical (unpaired) electrons. The van der Waals surface area contributed by atoms with Crippen LogP contribution in [0, 0.1) is 12.7 Å². The van der Waals surface area contributed by atoms with Gasteiger partial charge in [-0.25, -0.2) is 4.39 Å². The molecule has 3 heteroatoms. The van der Waals surface area contributed by atoms with Gasteiger partial charge in [0.15, 0.2) is 0 Å². The zero-order chi connectivity index (χ0) is 12.1. The summed E-state index contributed by atoms with van der Waals surface area (Å²) >= 11 is 0. The average molecular weight is 224 g/mol. The van der Waals surface area contributed by atoms with Crippen molar-refractivity contribution in [2.75, 3.05) is 6.61 Å². The van der Waals surface area contributed by atoms with Gasteiger partial charge in [0.05, 0.1) is 12.5 Å². The van der Waals surface area contributed by atoms with Crippen LogP contribution in [0.4, 0.5) is 4.39 Å². The van der Waals surface area contributed by atoms with Gasteiger partial charge in [0, 0.05) is 5.56 Å². The van der Waals surface area contributed by atoms with Gasteiger partial charge in [0.1, 0.15) is 5.82 Å². The van der Waals surface area contributed by atoms with Crippen LogP contribution in [0.2, 0.25) is 0 Å². The number of carbonyl (C=O) groups excluding carboxylic acids is 1. The molecule has 16 heavy (non-hydrogen) atoms. The summed E-state index contributed by atoms with van der Waals surface area (Å²) in [7, 11) is 0. The number of hydrogen-bond donors (Lipinski definition) is 0. The van der Waals surface area contributed by atoms with Crippen LogP contribution in [-0.2, 0) is 9.53 Å². The molecular formula is C13H17FO2. The fourth-order valence-corrected chi connectivity index (χ4v) is 1.69. The Bertz CT molecular complexity index is 374. The van der Waals surface area contributed by atoms with Crippen molar-refractivity contribution in [1.82, 2.24) is 0 Å². The van der Waals surface area contributed by atoms with E-state index in [0.717, 1.165) is 5.56 Å². The monoisotopic (exact) mass is 224 g/mol. The van der Waals surface area contributed by atoms with E-state index >= 15 is 0 Å².